The van der Waals surface area contributed by atoms with E-state index in [4.69, 9.17) is 4.74 Å². The zero-order valence-corrected chi connectivity index (χ0v) is 12.2. The Labute approximate surface area is 122 Å². The van der Waals surface area contributed by atoms with Crippen molar-refractivity contribution in [3.8, 4) is 0 Å². The second-order valence-corrected chi connectivity index (χ2v) is 5.60. The van der Waals surface area contributed by atoms with Gasteiger partial charge in [0.15, 0.2) is 0 Å². The fourth-order valence-corrected chi connectivity index (χ4v) is 2.45. The standard InChI is InChI=1S/C13H13BrF3NO2/c1-20-9-5-8(6-9)18-12(19)10-3-2-7(14)4-11(10)13(15,16)17/h2-4,8-9H,5-6H2,1H3,(H,18,19). The summed E-state index contributed by atoms with van der Waals surface area (Å²) in [4.78, 5) is 12.0. The van der Waals surface area contributed by atoms with Crippen molar-refractivity contribution >= 4 is 21.8 Å². The number of nitrogens with one attached hydrogen (secondary N) is 1. The van der Waals surface area contributed by atoms with E-state index in [1.165, 1.54) is 12.1 Å². The normalized spacial score (nSPS) is 22.2. The molecule has 1 saturated carbocycles. The molecule has 0 aliphatic heterocycles. The first-order chi connectivity index (χ1) is 9.31. The highest BCUT2D eigenvalue weighted by Gasteiger charge is 2.37. The van der Waals surface area contributed by atoms with Crippen molar-refractivity contribution < 1.29 is 22.7 Å². The van der Waals surface area contributed by atoms with Crippen LogP contribution in [0.15, 0.2) is 22.7 Å². The molecule has 0 aromatic heterocycles. The average molecular weight is 352 g/mol. The molecule has 1 aromatic rings. The summed E-state index contributed by atoms with van der Waals surface area (Å²) in [5.74, 6) is -0.704. The molecule has 0 unspecified atom stereocenters. The van der Waals surface area contributed by atoms with Crippen LogP contribution in [0, 0.1) is 0 Å². The second kappa shape index (κ2) is 5.73. The molecule has 1 aliphatic carbocycles. The molecule has 0 heterocycles. The Morgan fingerprint density at radius 2 is 2.05 bits per heavy atom. The van der Waals surface area contributed by atoms with Crippen molar-refractivity contribution in [2.45, 2.75) is 31.2 Å². The monoisotopic (exact) mass is 351 g/mol. The predicted octanol–water partition coefficient (Wildman–Crippen LogP) is 3.38. The summed E-state index contributed by atoms with van der Waals surface area (Å²) in [5.41, 5.74) is -1.30. The summed E-state index contributed by atoms with van der Waals surface area (Å²) in [6, 6.07) is 3.38. The van der Waals surface area contributed by atoms with Crippen LogP contribution >= 0.6 is 15.9 Å². The molecule has 1 aliphatic rings. The minimum absolute atomic E-state index is 0.0762. The number of halogens is 4. The fourth-order valence-electron chi connectivity index (χ4n) is 2.09. The van der Waals surface area contributed by atoms with Crippen LogP contribution in [0.2, 0.25) is 0 Å². The molecule has 110 valence electrons. The summed E-state index contributed by atoms with van der Waals surface area (Å²) in [6.07, 6.45) is -3.24. The molecule has 1 N–H and O–H groups in total. The Bertz CT molecular complexity index is 513. The molecule has 1 aromatic carbocycles. The highest BCUT2D eigenvalue weighted by atomic mass is 79.9. The Morgan fingerprint density at radius 1 is 1.40 bits per heavy atom. The molecular weight excluding hydrogens is 339 g/mol. The van der Waals surface area contributed by atoms with Crippen LogP contribution < -0.4 is 5.32 Å². The zero-order valence-electron chi connectivity index (χ0n) is 10.6. The van der Waals surface area contributed by atoms with Gasteiger partial charge in [-0.3, -0.25) is 4.79 Å². The van der Waals surface area contributed by atoms with Gasteiger partial charge < -0.3 is 10.1 Å². The van der Waals surface area contributed by atoms with E-state index in [1.807, 2.05) is 0 Å². The molecule has 0 spiro atoms. The van der Waals surface area contributed by atoms with Gasteiger partial charge in [0.2, 0.25) is 0 Å². The summed E-state index contributed by atoms with van der Waals surface area (Å²) >= 11 is 2.98. The lowest BCUT2D eigenvalue weighted by molar-refractivity contribution is -0.138. The van der Waals surface area contributed by atoms with Gasteiger partial charge in [0, 0.05) is 17.6 Å². The number of methoxy groups -OCH3 is 1. The van der Waals surface area contributed by atoms with Gasteiger partial charge in [-0.25, -0.2) is 0 Å². The van der Waals surface area contributed by atoms with E-state index in [-0.39, 0.29) is 22.2 Å². The zero-order chi connectivity index (χ0) is 14.9. The first-order valence-corrected chi connectivity index (χ1v) is 6.81. The average Bonchev–Trinajstić information content (AvgIpc) is 2.31. The number of rotatable bonds is 3. The molecule has 0 radical (unpaired) electrons. The number of alkyl halides is 3. The van der Waals surface area contributed by atoms with Gasteiger partial charge in [-0.1, -0.05) is 15.9 Å². The van der Waals surface area contributed by atoms with Crippen LogP contribution in [0.1, 0.15) is 28.8 Å². The van der Waals surface area contributed by atoms with E-state index in [1.54, 1.807) is 7.11 Å². The Balaban J connectivity index is 2.14. The molecule has 2 rings (SSSR count). The lowest BCUT2D eigenvalue weighted by Crippen LogP contribution is -2.47. The van der Waals surface area contributed by atoms with Crippen molar-refractivity contribution in [3.63, 3.8) is 0 Å². The highest BCUT2D eigenvalue weighted by molar-refractivity contribution is 9.10. The van der Waals surface area contributed by atoms with Crippen LogP contribution in [0.3, 0.4) is 0 Å². The largest absolute Gasteiger partial charge is 0.417 e. The van der Waals surface area contributed by atoms with E-state index in [9.17, 15) is 18.0 Å². The Kier molecular flexibility index (Phi) is 4.39. The number of hydrogen-bond donors (Lipinski definition) is 1. The summed E-state index contributed by atoms with van der Waals surface area (Å²) in [6.45, 7) is 0. The van der Waals surface area contributed by atoms with Crippen molar-refractivity contribution in [1.82, 2.24) is 5.32 Å². The fraction of sp³-hybridized carbons (Fsp3) is 0.462. The molecule has 0 atom stereocenters. The number of hydrogen-bond acceptors (Lipinski definition) is 2. The Hall–Kier alpha value is -1.08. The maximum Gasteiger partial charge on any atom is 0.417 e. The van der Waals surface area contributed by atoms with E-state index < -0.39 is 17.6 Å². The minimum Gasteiger partial charge on any atom is -0.381 e. The maximum atomic E-state index is 12.9. The van der Waals surface area contributed by atoms with Gasteiger partial charge in [0.05, 0.1) is 17.2 Å². The van der Waals surface area contributed by atoms with Crippen LogP contribution in [0.4, 0.5) is 13.2 Å². The Morgan fingerprint density at radius 3 is 2.60 bits per heavy atom. The van der Waals surface area contributed by atoms with Crippen molar-refractivity contribution in [2.24, 2.45) is 0 Å². The van der Waals surface area contributed by atoms with Crippen LogP contribution in [0.25, 0.3) is 0 Å². The van der Waals surface area contributed by atoms with Gasteiger partial charge >= 0.3 is 6.18 Å². The molecule has 1 amide bonds. The smallest absolute Gasteiger partial charge is 0.381 e. The summed E-state index contributed by atoms with van der Waals surface area (Å²) in [5, 5.41) is 2.59. The third-order valence-electron chi connectivity index (χ3n) is 3.30. The molecule has 20 heavy (non-hydrogen) atoms. The first kappa shape index (κ1) is 15.3. The van der Waals surface area contributed by atoms with E-state index in [2.05, 4.69) is 21.2 Å². The molecule has 3 nitrogen and oxygen atoms in total. The van der Waals surface area contributed by atoms with Gasteiger partial charge in [-0.2, -0.15) is 13.2 Å². The third kappa shape index (κ3) is 3.32. The van der Waals surface area contributed by atoms with Gasteiger partial charge in [-0.15, -0.1) is 0 Å². The number of carbonyl (C=O) groups is 1. The van der Waals surface area contributed by atoms with Crippen molar-refractivity contribution in [3.05, 3.63) is 33.8 Å². The lowest BCUT2D eigenvalue weighted by Gasteiger charge is -2.34. The molecular formula is C13H13BrF3NO2. The third-order valence-corrected chi connectivity index (χ3v) is 3.79. The summed E-state index contributed by atoms with van der Waals surface area (Å²) < 4.78 is 44.1. The maximum absolute atomic E-state index is 12.9. The van der Waals surface area contributed by atoms with Crippen LogP contribution in [-0.2, 0) is 10.9 Å². The minimum atomic E-state index is -4.56. The van der Waals surface area contributed by atoms with Crippen molar-refractivity contribution in [1.29, 1.82) is 0 Å². The van der Waals surface area contributed by atoms with Gasteiger partial charge in [-0.05, 0) is 31.0 Å². The lowest BCUT2D eigenvalue weighted by atomic mass is 9.89. The molecule has 1 fully saturated rings. The molecule has 0 bridgehead atoms. The van der Waals surface area contributed by atoms with Crippen LogP contribution in [0.5, 0.6) is 0 Å². The van der Waals surface area contributed by atoms with E-state index in [0.29, 0.717) is 12.8 Å². The quantitative estimate of drug-likeness (QED) is 0.906. The van der Waals surface area contributed by atoms with E-state index >= 15 is 0 Å². The number of amides is 1. The molecule has 7 heteroatoms. The number of benzene rings is 1. The number of carbonyl (C=O) groups excluding carboxylic acids is 1. The predicted molar refractivity (Wildman–Crippen MR) is 70.4 cm³/mol. The summed E-state index contributed by atoms with van der Waals surface area (Å²) in [7, 11) is 1.57. The topological polar surface area (TPSA) is 38.3 Å². The SMILES string of the molecule is COC1CC(NC(=O)c2ccc(Br)cc2C(F)(F)F)C1. The van der Waals surface area contributed by atoms with E-state index in [0.717, 1.165) is 6.07 Å². The highest BCUT2D eigenvalue weighted by Crippen LogP contribution is 2.34. The molecule has 0 saturated heterocycles. The number of ether oxygens (including phenoxy) is 1. The van der Waals surface area contributed by atoms with Crippen LogP contribution in [-0.4, -0.2) is 25.2 Å². The van der Waals surface area contributed by atoms with Gasteiger partial charge in [0.25, 0.3) is 5.91 Å². The second-order valence-electron chi connectivity index (χ2n) is 4.69. The van der Waals surface area contributed by atoms with Gasteiger partial charge in [0.1, 0.15) is 0 Å². The van der Waals surface area contributed by atoms with Crippen molar-refractivity contribution in [2.75, 3.05) is 7.11 Å². The first-order valence-electron chi connectivity index (χ1n) is 6.01.